The quantitative estimate of drug-likeness (QED) is 0.692. The average molecular weight is 328 g/mol. The van der Waals surface area contributed by atoms with Crippen molar-refractivity contribution < 1.29 is 8.42 Å². The normalized spacial score (nSPS) is 13.4. The summed E-state index contributed by atoms with van der Waals surface area (Å²) in [6.45, 7) is 5.17. The fraction of sp³-hybridized carbons (Fsp3) is 0.462. The molecule has 0 amide bonds. The smallest absolute Gasteiger partial charge is 0.258 e. The van der Waals surface area contributed by atoms with Gasteiger partial charge in [0.25, 0.3) is 10.0 Å². The van der Waals surface area contributed by atoms with Gasteiger partial charge in [-0.15, -0.1) is 11.3 Å². The average Bonchev–Trinajstić information content (AvgIpc) is 3.13. The Kier molecular flexibility index (Phi) is 5.51. The number of nitrogens with one attached hydrogen (secondary N) is 3. The zero-order chi connectivity index (χ0) is 15.3. The maximum atomic E-state index is 12.5. The molecule has 0 saturated heterocycles. The molecule has 1 unspecified atom stereocenters. The van der Waals surface area contributed by atoms with Gasteiger partial charge in [-0.1, -0.05) is 19.9 Å². The summed E-state index contributed by atoms with van der Waals surface area (Å²) in [5, 5.41) is 11.6. The summed E-state index contributed by atoms with van der Waals surface area (Å²) >= 11 is 1.55. The van der Waals surface area contributed by atoms with Gasteiger partial charge in [-0.25, -0.2) is 13.1 Å². The van der Waals surface area contributed by atoms with E-state index in [0.717, 1.165) is 11.4 Å². The highest BCUT2D eigenvalue weighted by Gasteiger charge is 2.24. The van der Waals surface area contributed by atoms with Crippen LogP contribution in [0.2, 0.25) is 0 Å². The molecule has 0 radical (unpaired) electrons. The number of thiophene rings is 1. The van der Waals surface area contributed by atoms with Gasteiger partial charge in [-0.05, 0) is 24.4 Å². The summed E-state index contributed by atoms with van der Waals surface area (Å²) in [6.07, 6.45) is 2.24. The molecular weight excluding hydrogens is 308 g/mol. The number of rotatable bonds is 8. The molecule has 0 aliphatic heterocycles. The second-order valence-corrected chi connectivity index (χ2v) is 7.23. The van der Waals surface area contributed by atoms with Crippen molar-refractivity contribution in [3.05, 3.63) is 34.2 Å². The molecule has 3 N–H and O–H groups in total. The monoisotopic (exact) mass is 328 g/mol. The largest absolute Gasteiger partial charge is 0.313 e. The maximum Gasteiger partial charge on any atom is 0.258 e. The maximum absolute atomic E-state index is 12.5. The molecule has 0 aliphatic rings. The Hall–Kier alpha value is -1.22. The van der Waals surface area contributed by atoms with Crippen molar-refractivity contribution in [2.75, 3.05) is 6.54 Å². The Labute approximate surface area is 129 Å². The third kappa shape index (κ3) is 3.91. The Balaban J connectivity index is 2.20. The third-order valence-corrected chi connectivity index (χ3v) is 5.58. The molecular formula is C13H20N4O2S2. The SMILES string of the molecule is CCNCc1cn[nH]c1S(=O)(=O)NC(CC)c1cccs1. The molecule has 2 aromatic rings. The van der Waals surface area contributed by atoms with E-state index in [1.54, 1.807) is 17.5 Å². The minimum absolute atomic E-state index is 0.137. The first-order valence-corrected chi connectivity index (χ1v) is 9.23. The topological polar surface area (TPSA) is 86.9 Å². The zero-order valence-electron chi connectivity index (χ0n) is 12.1. The second kappa shape index (κ2) is 7.17. The Morgan fingerprint density at radius 1 is 1.43 bits per heavy atom. The molecule has 0 fully saturated rings. The van der Waals surface area contributed by atoms with Gasteiger partial charge in [0, 0.05) is 17.0 Å². The number of aromatic amines is 1. The van der Waals surface area contributed by atoms with Crippen LogP contribution in [0.5, 0.6) is 0 Å². The van der Waals surface area contributed by atoms with Gasteiger partial charge >= 0.3 is 0 Å². The first-order valence-electron chi connectivity index (χ1n) is 6.87. The van der Waals surface area contributed by atoms with Crippen molar-refractivity contribution in [2.24, 2.45) is 0 Å². The van der Waals surface area contributed by atoms with Crippen LogP contribution < -0.4 is 10.0 Å². The predicted octanol–water partition coefficient (Wildman–Crippen LogP) is 2.01. The minimum Gasteiger partial charge on any atom is -0.313 e. The molecule has 6 nitrogen and oxygen atoms in total. The number of hydrogen-bond acceptors (Lipinski definition) is 5. The summed E-state index contributed by atoms with van der Waals surface area (Å²) in [4.78, 5) is 1.01. The van der Waals surface area contributed by atoms with Crippen LogP contribution in [0.3, 0.4) is 0 Å². The van der Waals surface area contributed by atoms with Crippen LogP contribution in [-0.2, 0) is 16.6 Å². The van der Waals surface area contributed by atoms with Gasteiger partial charge in [0.05, 0.1) is 12.2 Å². The molecule has 2 heterocycles. The summed E-state index contributed by atoms with van der Waals surface area (Å²) in [6, 6.07) is 3.64. The minimum atomic E-state index is -3.62. The van der Waals surface area contributed by atoms with E-state index >= 15 is 0 Å². The number of aromatic nitrogens is 2. The van der Waals surface area contributed by atoms with Gasteiger partial charge in [-0.3, -0.25) is 5.10 Å². The molecule has 1 atom stereocenters. The molecule has 0 bridgehead atoms. The summed E-state index contributed by atoms with van der Waals surface area (Å²) in [5.41, 5.74) is 0.644. The van der Waals surface area contributed by atoms with E-state index in [2.05, 4.69) is 20.2 Å². The number of sulfonamides is 1. The molecule has 116 valence electrons. The number of H-pyrrole nitrogens is 1. The van der Waals surface area contributed by atoms with Crippen molar-refractivity contribution in [3.63, 3.8) is 0 Å². The highest BCUT2D eigenvalue weighted by molar-refractivity contribution is 7.89. The van der Waals surface area contributed by atoms with Crippen LogP contribution in [0.4, 0.5) is 0 Å². The summed E-state index contributed by atoms with van der Waals surface area (Å²) in [7, 11) is -3.62. The molecule has 0 spiro atoms. The van der Waals surface area contributed by atoms with Crippen molar-refractivity contribution in [3.8, 4) is 0 Å². The van der Waals surface area contributed by atoms with E-state index in [-0.39, 0.29) is 11.1 Å². The fourth-order valence-electron chi connectivity index (χ4n) is 2.00. The van der Waals surface area contributed by atoms with Crippen molar-refractivity contribution >= 4 is 21.4 Å². The van der Waals surface area contributed by atoms with Gasteiger partial charge < -0.3 is 5.32 Å². The highest BCUT2D eigenvalue weighted by atomic mass is 32.2. The Morgan fingerprint density at radius 3 is 2.86 bits per heavy atom. The molecule has 8 heteroatoms. The lowest BCUT2D eigenvalue weighted by Crippen LogP contribution is -2.29. The van der Waals surface area contributed by atoms with Gasteiger partial charge in [-0.2, -0.15) is 5.10 Å². The van der Waals surface area contributed by atoms with E-state index in [4.69, 9.17) is 0 Å². The van der Waals surface area contributed by atoms with Crippen molar-refractivity contribution in [2.45, 2.75) is 37.9 Å². The van der Waals surface area contributed by atoms with E-state index in [9.17, 15) is 8.42 Å². The molecule has 2 aromatic heterocycles. The Bertz CT molecular complexity index is 650. The fourth-order valence-corrected chi connectivity index (χ4v) is 4.36. The van der Waals surface area contributed by atoms with Gasteiger partial charge in [0.15, 0.2) is 5.03 Å². The number of hydrogen-bond donors (Lipinski definition) is 3. The molecule has 0 aliphatic carbocycles. The van der Waals surface area contributed by atoms with Crippen LogP contribution >= 0.6 is 11.3 Å². The molecule has 0 saturated carbocycles. The first kappa shape index (κ1) is 16.2. The van der Waals surface area contributed by atoms with E-state index < -0.39 is 10.0 Å². The van der Waals surface area contributed by atoms with Crippen LogP contribution in [0.1, 0.15) is 36.8 Å². The van der Waals surface area contributed by atoms with Crippen LogP contribution in [-0.4, -0.2) is 25.2 Å². The lowest BCUT2D eigenvalue weighted by Gasteiger charge is -2.15. The van der Waals surface area contributed by atoms with Gasteiger partial charge in [0.1, 0.15) is 0 Å². The van der Waals surface area contributed by atoms with Crippen LogP contribution in [0.25, 0.3) is 0 Å². The molecule has 2 rings (SSSR count). The van der Waals surface area contributed by atoms with E-state index in [1.807, 2.05) is 31.4 Å². The Morgan fingerprint density at radius 2 is 2.24 bits per heavy atom. The summed E-state index contributed by atoms with van der Waals surface area (Å²) in [5.74, 6) is 0. The number of nitrogens with zero attached hydrogens (tertiary/aromatic N) is 1. The third-order valence-electron chi connectivity index (χ3n) is 3.10. The van der Waals surface area contributed by atoms with Crippen LogP contribution in [0, 0.1) is 0 Å². The van der Waals surface area contributed by atoms with E-state index in [1.165, 1.54) is 0 Å². The van der Waals surface area contributed by atoms with E-state index in [0.29, 0.717) is 18.5 Å². The summed E-state index contributed by atoms with van der Waals surface area (Å²) < 4.78 is 27.8. The van der Waals surface area contributed by atoms with Crippen molar-refractivity contribution in [1.29, 1.82) is 0 Å². The zero-order valence-corrected chi connectivity index (χ0v) is 13.7. The van der Waals surface area contributed by atoms with Crippen molar-refractivity contribution in [1.82, 2.24) is 20.2 Å². The highest BCUT2D eigenvalue weighted by Crippen LogP contribution is 2.24. The lowest BCUT2D eigenvalue weighted by molar-refractivity contribution is 0.547. The van der Waals surface area contributed by atoms with Crippen LogP contribution in [0.15, 0.2) is 28.7 Å². The first-order chi connectivity index (χ1) is 10.1. The van der Waals surface area contributed by atoms with Gasteiger partial charge in [0.2, 0.25) is 0 Å². The predicted molar refractivity (Wildman–Crippen MR) is 83.6 cm³/mol. The lowest BCUT2D eigenvalue weighted by atomic mass is 10.2. The standard InChI is InChI=1S/C13H20N4O2S2/c1-3-11(12-6-5-7-20-12)17-21(18,19)13-10(8-14-4-2)9-15-16-13/h5-7,9,11,14,17H,3-4,8H2,1-2H3,(H,15,16). The molecule has 0 aromatic carbocycles. The molecule has 21 heavy (non-hydrogen) atoms. The second-order valence-electron chi connectivity index (χ2n) is 4.60.